The van der Waals surface area contributed by atoms with Crippen LogP contribution in [0.25, 0.3) is 22.1 Å². The number of hydrogen-bond acceptors (Lipinski definition) is 4. The molecule has 1 aliphatic carbocycles. The van der Waals surface area contributed by atoms with Crippen LogP contribution in [0.1, 0.15) is 37.5 Å². The molecule has 126 valence electrons. The number of rotatable bonds is 2. The lowest BCUT2D eigenvalue weighted by Crippen LogP contribution is -2.37. The standard InChI is InChI=1S/C17H21N5O2/c1-10-20-14-9-19-16-13(7-8-18-16)15(14)22(10)12-5-3-11(4-6-12)21-17(23)24-2/h7-9,11-12H,3-6H2,1-2H3,(H,18,19)(H,21,23)/t11-,12-. The van der Waals surface area contributed by atoms with E-state index in [1.807, 2.05) is 12.4 Å². The fourth-order valence-electron chi connectivity index (χ4n) is 3.86. The van der Waals surface area contributed by atoms with Crippen molar-refractivity contribution in [2.45, 2.75) is 44.7 Å². The third kappa shape index (κ3) is 2.40. The number of aromatic nitrogens is 4. The Balaban J connectivity index is 1.64. The number of fused-ring (bicyclic) bond motifs is 3. The number of carbonyl (C=O) groups excluding carboxylic acids is 1. The Labute approximate surface area is 139 Å². The van der Waals surface area contributed by atoms with Crippen LogP contribution < -0.4 is 5.32 Å². The van der Waals surface area contributed by atoms with E-state index in [4.69, 9.17) is 9.72 Å². The number of methoxy groups -OCH3 is 1. The predicted molar refractivity (Wildman–Crippen MR) is 91.0 cm³/mol. The van der Waals surface area contributed by atoms with E-state index in [1.165, 1.54) is 7.11 Å². The third-order valence-corrected chi connectivity index (χ3v) is 4.98. The van der Waals surface area contributed by atoms with Crippen LogP contribution in [0, 0.1) is 6.92 Å². The molecule has 0 radical (unpaired) electrons. The van der Waals surface area contributed by atoms with Crippen molar-refractivity contribution in [3.63, 3.8) is 0 Å². The quantitative estimate of drug-likeness (QED) is 0.757. The Bertz CT molecular complexity index is 889. The highest BCUT2D eigenvalue weighted by molar-refractivity contribution is 6.01. The van der Waals surface area contributed by atoms with Gasteiger partial charge >= 0.3 is 6.09 Å². The SMILES string of the molecule is COC(=O)N[C@H]1CC[C@H](n2c(C)nc3cnc4[nH]ccc4c32)CC1. The number of aromatic amines is 1. The lowest BCUT2D eigenvalue weighted by atomic mass is 9.91. The molecule has 0 spiro atoms. The summed E-state index contributed by atoms with van der Waals surface area (Å²) in [6, 6.07) is 2.65. The third-order valence-electron chi connectivity index (χ3n) is 4.98. The minimum Gasteiger partial charge on any atom is -0.453 e. The number of aryl methyl sites for hydroxylation is 1. The van der Waals surface area contributed by atoms with Gasteiger partial charge in [-0.05, 0) is 38.7 Å². The van der Waals surface area contributed by atoms with Crippen molar-refractivity contribution in [2.75, 3.05) is 7.11 Å². The molecule has 1 amide bonds. The van der Waals surface area contributed by atoms with Crippen LogP contribution in [0.15, 0.2) is 18.5 Å². The number of imidazole rings is 1. The Morgan fingerprint density at radius 2 is 2.17 bits per heavy atom. The van der Waals surface area contributed by atoms with Crippen molar-refractivity contribution in [3.05, 3.63) is 24.3 Å². The van der Waals surface area contributed by atoms with E-state index in [-0.39, 0.29) is 12.1 Å². The average molecular weight is 327 g/mol. The van der Waals surface area contributed by atoms with Crippen molar-refractivity contribution in [2.24, 2.45) is 0 Å². The van der Waals surface area contributed by atoms with Gasteiger partial charge in [-0.3, -0.25) is 0 Å². The molecule has 3 heterocycles. The van der Waals surface area contributed by atoms with E-state index in [9.17, 15) is 4.79 Å². The topological polar surface area (TPSA) is 84.8 Å². The van der Waals surface area contributed by atoms with Crippen LogP contribution in [0.2, 0.25) is 0 Å². The summed E-state index contributed by atoms with van der Waals surface area (Å²) < 4.78 is 7.04. The number of hydrogen-bond donors (Lipinski definition) is 2. The molecule has 0 aliphatic heterocycles. The molecule has 1 aliphatic rings. The highest BCUT2D eigenvalue weighted by Crippen LogP contribution is 2.34. The van der Waals surface area contributed by atoms with E-state index in [1.54, 1.807) is 0 Å². The molecule has 0 unspecified atom stereocenters. The van der Waals surface area contributed by atoms with Gasteiger partial charge in [0.1, 0.15) is 17.0 Å². The van der Waals surface area contributed by atoms with E-state index in [2.05, 4.69) is 32.8 Å². The summed E-state index contributed by atoms with van der Waals surface area (Å²) in [4.78, 5) is 23.7. The van der Waals surface area contributed by atoms with Gasteiger partial charge in [-0.25, -0.2) is 14.8 Å². The van der Waals surface area contributed by atoms with Crippen molar-refractivity contribution in [1.82, 2.24) is 24.8 Å². The van der Waals surface area contributed by atoms with E-state index >= 15 is 0 Å². The maximum Gasteiger partial charge on any atom is 0.407 e. The Hall–Kier alpha value is -2.57. The highest BCUT2D eigenvalue weighted by Gasteiger charge is 2.26. The fraction of sp³-hybridized carbons (Fsp3) is 0.471. The Kier molecular flexibility index (Phi) is 3.63. The Morgan fingerprint density at radius 3 is 2.92 bits per heavy atom. The average Bonchev–Trinajstić information content (AvgIpc) is 3.18. The smallest absolute Gasteiger partial charge is 0.407 e. The Morgan fingerprint density at radius 1 is 1.38 bits per heavy atom. The zero-order chi connectivity index (χ0) is 16.7. The summed E-state index contributed by atoms with van der Waals surface area (Å²) in [5.41, 5.74) is 2.99. The predicted octanol–water partition coefficient (Wildman–Crippen LogP) is 3.06. The molecule has 0 saturated heterocycles. The maximum atomic E-state index is 11.4. The first-order chi connectivity index (χ1) is 11.7. The molecule has 7 nitrogen and oxygen atoms in total. The molecule has 0 aromatic carbocycles. The van der Waals surface area contributed by atoms with Crippen LogP contribution in [0.4, 0.5) is 4.79 Å². The minimum atomic E-state index is -0.345. The highest BCUT2D eigenvalue weighted by atomic mass is 16.5. The number of alkyl carbamates (subject to hydrolysis) is 1. The molecule has 3 aromatic rings. The maximum absolute atomic E-state index is 11.4. The van der Waals surface area contributed by atoms with Crippen molar-refractivity contribution < 1.29 is 9.53 Å². The number of H-pyrrole nitrogens is 1. The lowest BCUT2D eigenvalue weighted by Gasteiger charge is -2.30. The molecule has 3 aromatic heterocycles. The summed E-state index contributed by atoms with van der Waals surface area (Å²) in [6.07, 6.45) is 7.32. The number of nitrogens with zero attached hydrogens (tertiary/aromatic N) is 3. The van der Waals surface area contributed by atoms with Gasteiger partial charge in [-0.1, -0.05) is 0 Å². The summed E-state index contributed by atoms with van der Waals surface area (Å²) >= 11 is 0. The molecule has 24 heavy (non-hydrogen) atoms. The largest absolute Gasteiger partial charge is 0.453 e. The first kappa shape index (κ1) is 15.0. The second kappa shape index (κ2) is 5.81. The molecular formula is C17H21N5O2. The van der Waals surface area contributed by atoms with Crippen LogP contribution in [-0.2, 0) is 4.74 Å². The molecule has 4 rings (SSSR count). The summed E-state index contributed by atoms with van der Waals surface area (Å²) in [5, 5.41) is 4.02. The van der Waals surface area contributed by atoms with E-state index in [0.29, 0.717) is 6.04 Å². The van der Waals surface area contributed by atoms with Gasteiger partial charge in [0.05, 0.1) is 18.8 Å². The van der Waals surface area contributed by atoms with Gasteiger partial charge in [0.2, 0.25) is 0 Å². The zero-order valence-corrected chi connectivity index (χ0v) is 13.9. The van der Waals surface area contributed by atoms with Crippen molar-refractivity contribution >= 4 is 28.2 Å². The first-order valence-electron chi connectivity index (χ1n) is 8.32. The van der Waals surface area contributed by atoms with Crippen molar-refractivity contribution in [3.8, 4) is 0 Å². The van der Waals surface area contributed by atoms with Crippen LogP contribution >= 0.6 is 0 Å². The fourth-order valence-corrected chi connectivity index (χ4v) is 3.86. The van der Waals surface area contributed by atoms with Gasteiger partial charge in [-0.2, -0.15) is 0 Å². The number of amides is 1. The monoisotopic (exact) mass is 327 g/mol. The van der Waals surface area contributed by atoms with E-state index < -0.39 is 0 Å². The van der Waals surface area contributed by atoms with Crippen LogP contribution in [-0.4, -0.2) is 38.8 Å². The minimum absolute atomic E-state index is 0.192. The van der Waals surface area contributed by atoms with Gasteiger partial charge < -0.3 is 19.6 Å². The molecule has 2 N–H and O–H groups in total. The number of ether oxygens (including phenoxy) is 1. The normalized spacial score (nSPS) is 21.2. The summed E-state index contributed by atoms with van der Waals surface area (Å²) in [7, 11) is 1.40. The molecule has 7 heteroatoms. The van der Waals surface area contributed by atoms with Gasteiger partial charge in [0, 0.05) is 23.7 Å². The second-order valence-corrected chi connectivity index (χ2v) is 6.40. The van der Waals surface area contributed by atoms with Gasteiger partial charge in [0.25, 0.3) is 0 Å². The lowest BCUT2D eigenvalue weighted by molar-refractivity contribution is 0.160. The molecule has 1 fully saturated rings. The summed E-state index contributed by atoms with van der Waals surface area (Å²) in [6.45, 7) is 2.05. The van der Waals surface area contributed by atoms with Crippen LogP contribution in [0.5, 0.6) is 0 Å². The van der Waals surface area contributed by atoms with Gasteiger partial charge in [-0.15, -0.1) is 0 Å². The number of carbonyl (C=O) groups is 1. The number of pyridine rings is 1. The molecule has 1 saturated carbocycles. The molecule has 0 bridgehead atoms. The first-order valence-corrected chi connectivity index (χ1v) is 8.32. The van der Waals surface area contributed by atoms with Crippen molar-refractivity contribution in [1.29, 1.82) is 0 Å². The molecular weight excluding hydrogens is 306 g/mol. The van der Waals surface area contributed by atoms with Crippen LogP contribution in [0.3, 0.4) is 0 Å². The second-order valence-electron chi connectivity index (χ2n) is 6.40. The zero-order valence-electron chi connectivity index (χ0n) is 13.9. The van der Waals surface area contributed by atoms with Gasteiger partial charge in [0.15, 0.2) is 0 Å². The summed E-state index contributed by atoms with van der Waals surface area (Å²) in [5.74, 6) is 1.02. The number of nitrogens with one attached hydrogen (secondary N) is 2. The molecule has 0 atom stereocenters. The van der Waals surface area contributed by atoms with E-state index in [0.717, 1.165) is 53.6 Å².